The van der Waals surface area contributed by atoms with Crippen LogP contribution in [-0.2, 0) is 6.42 Å². The highest BCUT2D eigenvalue weighted by molar-refractivity contribution is 6.30. The molecule has 0 bridgehead atoms. The Labute approximate surface area is 193 Å². The monoisotopic (exact) mass is 450 g/mol. The van der Waals surface area contributed by atoms with E-state index in [0.29, 0.717) is 16.6 Å². The molecule has 1 saturated heterocycles. The van der Waals surface area contributed by atoms with E-state index in [1.54, 1.807) is 12.1 Å². The van der Waals surface area contributed by atoms with Crippen LogP contribution in [0.2, 0.25) is 5.02 Å². The normalized spacial score (nSPS) is 14.8. The van der Waals surface area contributed by atoms with Gasteiger partial charge in [0.2, 0.25) is 0 Å². The van der Waals surface area contributed by atoms with Gasteiger partial charge in [-0.25, -0.2) is 4.79 Å². The molecule has 5 nitrogen and oxygen atoms in total. The van der Waals surface area contributed by atoms with E-state index in [1.807, 2.05) is 48.5 Å². The third-order valence-corrected chi connectivity index (χ3v) is 6.03. The van der Waals surface area contributed by atoms with Gasteiger partial charge in [0.1, 0.15) is 11.5 Å². The number of nitrogens with zero attached hydrogens (tertiary/aromatic N) is 1. The van der Waals surface area contributed by atoms with Gasteiger partial charge in [-0.2, -0.15) is 0 Å². The van der Waals surface area contributed by atoms with Gasteiger partial charge in [0.05, 0.1) is 5.56 Å². The first-order valence-corrected chi connectivity index (χ1v) is 11.3. The lowest BCUT2D eigenvalue weighted by atomic mass is 10.0. The standard InChI is InChI=1S/C26H27ClN2O3/c27-21-5-9-24(10-6-21)32-25-11-7-22(8-12-25)28-23-14-17-29(18-15-23)16-13-19-1-3-20(4-2-19)26(30)31/h1-12,23,28H,13-18H2,(H,30,31). The zero-order valence-electron chi connectivity index (χ0n) is 17.8. The summed E-state index contributed by atoms with van der Waals surface area (Å²) >= 11 is 5.91. The predicted octanol–water partition coefficient (Wildman–Crippen LogP) is 5.95. The van der Waals surface area contributed by atoms with Crippen LogP contribution in [0.4, 0.5) is 5.69 Å². The molecule has 1 heterocycles. The van der Waals surface area contributed by atoms with Gasteiger partial charge in [0, 0.05) is 36.4 Å². The molecule has 0 aliphatic carbocycles. The number of likely N-dealkylation sites (tertiary alicyclic amines) is 1. The number of nitrogens with one attached hydrogen (secondary N) is 1. The van der Waals surface area contributed by atoms with Crippen molar-refractivity contribution < 1.29 is 14.6 Å². The van der Waals surface area contributed by atoms with Gasteiger partial charge in [-0.1, -0.05) is 23.7 Å². The van der Waals surface area contributed by atoms with E-state index in [0.717, 1.165) is 56.1 Å². The highest BCUT2D eigenvalue weighted by atomic mass is 35.5. The summed E-state index contributed by atoms with van der Waals surface area (Å²) in [7, 11) is 0. The van der Waals surface area contributed by atoms with Crippen molar-refractivity contribution in [2.75, 3.05) is 25.0 Å². The van der Waals surface area contributed by atoms with Crippen molar-refractivity contribution in [3.63, 3.8) is 0 Å². The second kappa shape index (κ2) is 10.5. The van der Waals surface area contributed by atoms with Crippen LogP contribution in [0.1, 0.15) is 28.8 Å². The minimum atomic E-state index is -0.880. The minimum Gasteiger partial charge on any atom is -0.478 e. The molecule has 3 aromatic carbocycles. The van der Waals surface area contributed by atoms with E-state index in [9.17, 15) is 4.79 Å². The Kier molecular flexibility index (Phi) is 7.30. The van der Waals surface area contributed by atoms with E-state index in [2.05, 4.69) is 22.3 Å². The smallest absolute Gasteiger partial charge is 0.335 e. The van der Waals surface area contributed by atoms with Crippen LogP contribution in [-0.4, -0.2) is 41.7 Å². The van der Waals surface area contributed by atoms with Crippen molar-refractivity contribution in [1.29, 1.82) is 0 Å². The number of halogens is 1. The molecule has 6 heteroatoms. The summed E-state index contributed by atoms with van der Waals surface area (Å²) in [5.41, 5.74) is 2.62. The zero-order valence-corrected chi connectivity index (χ0v) is 18.6. The number of carboxylic acid groups (broad SMARTS) is 1. The number of carbonyl (C=O) groups is 1. The number of carboxylic acids is 1. The molecule has 0 amide bonds. The Morgan fingerprint density at radius 2 is 1.53 bits per heavy atom. The quantitative estimate of drug-likeness (QED) is 0.444. The first kappa shape index (κ1) is 22.2. The van der Waals surface area contributed by atoms with Crippen molar-refractivity contribution in [3.05, 3.63) is 88.9 Å². The van der Waals surface area contributed by atoms with Gasteiger partial charge in [-0.3, -0.25) is 0 Å². The van der Waals surface area contributed by atoms with Gasteiger partial charge >= 0.3 is 5.97 Å². The number of aromatic carboxylic acids is 1. The van der Waals surface area contributed by atoms with Gasteiger partial charge in [0.15, 0.2) is 0 Å². The van der Waals surface area contributed by atoms with E-state index in [1.165, 1.54) is 5.56 Å². The largest absolute Gasteiger partial charge is 0.478 e. The first-order chi connectivity index (χ1) is 15.5. The van der Waals surface area contributed by atoms with E-state index in [-0.39, 0.29) is 0 Å². The molecule has 0 aromatic heterocycles. The molecule has 0 radical (unpaired) electrons. The third kappa shape index (κ3) is 6.25. The average Bonchev–Trinajstić information content (AvgIpc) is 2.82. The molecule has 1 aliphatic rings. The molecule has 1 fully saturated rings. The molecule has 0 unspecified atom stereocenters. The molecule has 0 saturated carbocycles. The Morgan fingerprint density at radius 3 is 2.12 bits per heavy atom. The van der Waals surface area contributed by atoms with Crippen molar-refractivity contribution in [2.45, 2.75) is 25.3 Å². The minimum absolute atomic E-state index is 0.338. The second-order valence-electron chi connectivity index (χ2n) is 8.09. The van der Waals surface area contributed by atoms with Gasteiger partial charge in [-0.15, -0.1) is 0 Å². The maximum atomic E-state index is 11.0. The van der Waals surface area contributed by atoms with Gasteiger partial charge in [0.25, 0.3) is 0 Å². The number of benzene rings is 3. The molecule has 4 rings (SSSR count). The lowest BCUT2D eigenvalue weighted by Gasteiger charge is -2.33. The molecule has 3 aromatic rings. The summed E-state index contributed by atoms with van der Waals surface area (Å²) < 4.78 is 5.85. The maximum absolute atomic E-state index is 11.0. The zero-order chi connectivity index (χ0) is 22.3. The molecular weight excluding hydrogens is 424 g/mol. The van der Waals surface area contributed by atoms with Crippen molar-refractivity contribution >= 4 is 23.3 Å². The number of rotatable bonds is 8. The molecule has 2 N–H and O–H groups in total. The van der Waals surface area contributed by atoms with Gasteiger partial charge < -0.3 is 20.1 Å². The second-order valence-corrected chi connectivity index (χ2v) is 8.53. The third-order valence-electron chi connectivity index (χ3n) is 5.78. The number of piperidine rings is 1. The fourth-order valence-electron chi connectivity index (χ4n) is 3.90. The first-order valence-electron chi connectivity index (χ1n) is 10.9. The van der Waals surface area contributed by atoms with E-state index in [4.69, 9.17) is 21.4 Å². The average molecular weight is 451 g/mol. The van der Waals surface area contributed by atoms with Crippen LogP contribution in [0, 0.1) is 0 Å². The summed E-state index contributed by atoms with van der Waals surface area (Å²) in [5, 5.41) is 13.3. The Morgan fingerprint density at radius 1 is 0.938 bits per heavy atom. The summed E-state index contributed by atoms with van der Waals surface area (Å²) in [6.07, 6.45) is 3.13. The Hall–Kier alpha value is -3.02. The van der Waals surface area contributed by atoms with Gasteiger partial charge in [-0.05, 0) is 85.5 Å². The number of ether oxygens (including phenoxy) is 1. The highest BCUT2D eigenvalue weighted by Gasteiger charge is 2.19. The summed E-state index contributed by atoms with van der Waals surface area (Å²) in [5.74, 6) is 0.680. The highest BCUT2D eigenvalue weighted by Crippen LogP contribution is 2.25. The number of hydrogen-bond acceptors (Lipinski definition) is 4. The molecule has 166 valence electrons. The number of anilines is 1. The molecule has 1 aliphatic heterocycles. The van der Waals surface area contributed by atoms with Crippen LogP contribution in [0.15, 0.2) is 72.8 Å². The Balaban J connectivity index is 1.20. The van der Waals surface area contributed by atoms with E-state index >= 15 is 0 Å². The molecule has 0 atom stereocenters. The van der Waals surface area contributed by atoms with E-state index < -0.39 is 5.97 Å². The van der Waals surface area contributed by atoms with Crippen molar-refractivity contribution in [1.82, 2.24) is 4.90 Å². The predicted molar refractivity (Wildman–Crippen MR) is 128 cm³/mol. The van der Waals surface area contributed by atoms with Crippen LogP contribution in [0.25, 0.3) is 0 Å². The van der Waals surface area contributed by atoms with Crippen LogP contribution >= 0.6 is 11.6 Å². The number of hydrogen-bond donors (Lipinski definition) is 2. The molecule has 0 spiro atoms. The fraction of sp³-hybridized carbons (Fsp3) is 0.269. The fourth-order valence-corrected chi connectivity index (χ4v) is 4.02. The topological polar surface area (TPSA) is 61.8 Å². The Bertz CT molecular complexity index is 1010. The lowest BCUT2D eigenvalue weighted by molar-refractivity contribution is 0.0697. The molecular formula is C26H27ClN2O3. The van der Waals surface area contributed by atoms with Crippen LogP contribution in [0.3, 0.4) is 0 Å². The SMILES string of the molecule is O=C(O)c1ccc(CCN2CCC(Nc3ccc(Oc4ccc(Cl)cc4)cc3)CC2)cc1. The van der Waals surface area contributed by atoms with Crippen molar-refractivity contribution in [3.8, 4) is 11.5 Å². The summed E-state index contributed by atoms with van der Waals surface area (Å²) in [4.78, 5) is 13.4. The molecule has 32 heavy (non-hydrogen) atoms. The van der Waals surface area contributed by atoms with Crippen LogP contribution < -0.4 is 10.1 Å². The van der Waals surface area contributed by atoms with Crippen molar-refractivity contribution in [2.24, 2.45) is 0 Å². The summed E-state index contributed by atoms with van der Waals surface area (Å²) in [6.45, 7) is 3.11. The summed E-state index contributed by atoms with van der Waals surface area (Å²) in [6, 6.07) is 23.0. The maximum Gasteiger partial charge on any atom is 0.335 e. The van der Waals surface area contributed by atoms with Crippen LogP contribution in [0.5, 0.6) is 11.5 Å². The lowest BCUT2D eigenvalue weighted by Crippen LogP contribution is -2.40.